The second kappa shape index (κ2) is 7.90. The van der Waals surface area contributed by atoms with E-state index in [2.05, 4.69) is 4.90 Å². The van der Waals surface area contributed by atoms with Crippen molar-refractivity contribution in [3.63, 3.8) is 0 Å². The lowest BCUT2D eigenvalue weighted by Gasteiger charge is -2.38. The SMILES string of the molecule is COC(=O)C1=C(N2CCN(C(=O)OC(C)(C)C)CC2)CCCCC1. The summed E-state index contributed by atoms with van der Waals surface area (Å²) in [5, 5.41) is 0. The number of carbonyl (C=O) groups is 2. The third-order valence-corrected chi connectivity index (χ3v) is 4.43. The molecule has 1 saturated heterocycles. The Kier molecular flexibility index (Phi) is 6.13. The van der Waals surface area contributed by atoms with Crippen molar-refractivity contribution in [2.75, 3.05) is 33.3 Å². The van der Waals surface area contributed by atoms with Crippen molar-refractivity contribution in [2.45, 2.75) is 58.5 Å². The first kappa shape index (κ1) is 18.6. The highest BCUT2D eigenvalue weighted by Crippen LogP contribution is 2.28. The van der Waals surface area contributed by atoms with Crippen LogP contribution < -0.4 is 0 Å². The van der Waals surface area contributed by atoms with Gasteiger partial charge in [0.2, 0.25) is 0 Å². The molecule has 0 aromatic carbocycles. The Morgan fingerprint density at radius 1 is 0.958 bits per heavy atom. The first-order valence-electron chi connectivity index (χ1n) is 8.85. The third-order valence-electron chi connectivity index (χ3n) is 4.43. The van der Waals surface area contributed by atoms with E-state index in [1.165, 1.54) is 7.11 Å². The molecular weight excluding hydrogens is 308 g/mol. The smallest absolute Gasteiger partial charge is 0.410 e. The quantitative estimate of drug-likeness (QED) is 0.725. The normalized spacial score (nSPS) is 19.8. The van der Waals surface area contributed by atoms with Gasteiger partial charge in [-0.05, 0) is 46.5 Å². The van der Waals surface area contributed by atoms with Crippen LogP contribution in [0.5, 0.6) is 0 Å². The van der Waals surface area contributed by atoms with Crippen molar-refractivity contribution >= 4 is 12.1 Å². The van der Waals surface area contributed by atoms with Crippen molar-refractivity contribution in [1.29, 1.82) is 0 Å². The second-order valence-corrected chi connectivity index (χ2v) is 7.43. The summed E-state index contributed by atoms with van der Waals surface area (Å²) in [5.74, 6) is -0.207. The monoisotopic (exact) mass is 338 g/mol. The van der Waals surface area contributed by atoms with Crippen LogP contribution in [0, 0.1) is 0 Å². The maximum absolute atomic E-state index is 12.2. The van der Waals surface area contributed by atoms with Crippen LogP contribution in [-0.4, -0.2) is 60.8 Å². The Balaban J connectivity index is 2.02. The number of ether oxygens (including phenoxy) is 2. The van der Waals surface area contributed by atoms with E-state index in [4.69, 9.17) is 9.47 Å². The maximum atomic E-state index is 12.2. The molecule has 6 heteroatoms. The zero-order valence-electron chi connectivity index (χ0n) is 15.4. The molecule has 2 rings (SSSR count). The van der Waals surface area contributed by atoms with Crippen molar-refractivity contribution < 1.29 is 19.1 Å². The van der Waals surface area contributed by atoms with Crippen molar-refractivity contribution in [3.05, 3.63) is 11.3 Å². The number of nitrogens with zero attached hydrogens (tertiary/aromatic N) is 2. The number of piperazine rings is 1. The van der Waals surface area contributed by atoms with Gasteiger partial charge in [0, 0.05) is 31.9 Å². The molecule has 0 saturated carbocycles. The van der Waals surface area contributed by atoms with E-state index in [0.29, 0.717) is 13.1 Å². The van der Waals surface area contributed by atoms with E-state index < -0.39 is 5.60 Å². The summed E-state index contributed by atoms with van der Waals surface area (Å²) >= 11 is 0. The van der Waals surface area contributed by atoms with Gasteiger partial charge in [0.05, 0.1) is 12.7 Å². The molecule has 24 heavy (non-hydrogen) atoms. The zero-order chi connectivity index (χ0) is 17.7. The Morgan fingerprint density at radius 2 is 1.58 bits per heavy atom. The van der Waals surface area contributed by atoms with Gasteiger partial charge in [0.25, 0.3) is 0 Å². The van der Waals surface area contributed by atoms with Gasteiger partial charge in [-0.3, -0.25) is 0 Å². The number of esters is 1. The molecule has 136 valence electrons. The highest BCUT2D eigenvalue weighted by Gasteiger charge is 2.29. The minimum Gasteiger partial charge on any atom is -0.466 e. The predicted molar refractivity (Wildman–Crippen MR) is 91.5 cm³/mol. The fourth-order valence-corrected chi connectivity index (χ4v) is 3.24. The summed E-state index contributed by atoms with van der Waals surface area (Å²) in [4.78, 5) is 28.3. The van der Waals surface area contributed by atoms with Crippen LogP contribution in [0.1, 0.15) is 52.9 Å². The van der Waals surface area contributed by atoms with Crippen LogP contribution in [-0.2, 0) is 14.3 Å². The first-order valence-corrected chi connectivity index (χ1v) is 8.85. The van der Waals surface area contributed by atoms with Crippen LogP contribution in [0.3, 0.4) is 0 Å². The van der Waals surface area contributed by atoms with Gasteiger partial charge in [0.1, 0.15) is 5.60 Å². The molecule has 2 aliphatic rings. The molecule has 1 fully saturated rings. The molecular formula is C18H30N2O4. The number of carbonyl (C=O) groups excluding carboxylic acids is 2. The summed E-state index contributed by atoms with van der Waals surface area (Å²) < 4.78 is 10.4. The van der Waals surface area contributed by atoms with Crippen molar-refractivity contribution in [3.8, 4) is 0 Å². The first-order chi connectivity index (χ1) is 11.3. The van der Waals surface area contributed by atoms with Crippen molar-refractivity contribution in [1.82, 2.24) is 9.80 Å². The lowest BCUT2D eigenvalue weighted by Crippen LogP contribution is -2.49. The fourth-order valence-electron chi connectivity index (χ4n) is 3.24. The van der Waals surface area contributed by atoms with E-state index in [-0.39, 0.29) is 12.1 Å². The molecule has 0 unspecified atom stereocenters. The van der Waals surface area contributed by atoms with Gasteiger partial charge in [-0.1, -0.05) is 6.42 Å². The average molecular weight is 338 g/mol. The molecule has 0 atom stereocenters. The Morgan fingerprint density at radius 3 is 2.17 bits per heavy atom. The number of allylic oxidation sites excluding steroid dienone is 1. The van der Waals surface area contributed by atoms with E-state index in [9.17, 15) is 9.59 Å². The zero-order valence-corrected chi connectivity index (χ0v) is 15.4. The van der Waals surface area contributed by atoms with Crippen LogP contribution in [0.15, 0.2) is 11.3 Å². The molecule has 0 bridgehead atoms. The Labute approximate surface area is 144 Å². The summed E-state index contributed by atoms with van der Waals surface area (Å²) in [7, 11) is 1.44. The lowest BCUT2D eigenvalue weighted by atomic mass is 10.1. The van der Waals surface area contributed by atoms with Gasteiger partial charge in [0.15, 0.2) is 0 Å². The topological polar surface area (TPSA) is 59.1 Å². The van der Waals surface area contributed by atoms with Crippen molar-refractivity contribution in [2.24, 2.45) is 0 Å². The highest BCUT2D eigenvalue weighted by atomic mass is 16.6. The molecule has 0 radical (unpaired) electrons. The van der Waals surface area contributed by atoms with Crippen LogP contribution in [0.4, 0.5) is 4.79 Å². The highest BCUT2D eigenvalue weighted by molar-refractivity contribution is 5.89. The second-order valence-electron chi connectivity index (χ2n) is 7.43. The van der Waals surface area contributed by atoms with E-state index >= 15 is 0 Å². The van der Waals surface area contributed by atoms with Crippen LogP contribution >= 0.6 is 0 Å². The fraction of sp³-hybridized carbons (Fsp3) is 0.778. The number of amides is 1. The number of hydrogen-bond donors (Lipinski definition) is 0. The molecule has 1 aliphatic carbocycles. The van der Waals surface area contributed by atoms with E-state index in [0.717, 1.165) is 56.5 Å². The maximum Gasteiger partial charge on any atom is 0.410 e. The van der Waals surface area contributed by atoms with E-state index in [1.54, 1.807) is 4.90 Å². The number of rotatable bonds is 2. The van der Waals surface area contributed by atoms with Gasteiger partial charge in [-0.15, -0.1) is 0 Å². The summed E-state index contributed by atoms with van der Waals surface area (Å²) in [6.07, 6.45) is 4.71. The standard InChI is InChI=1S/C18H30N2O4/c1-18(2,3)24-17(22)20-12-10-19(11-13-20)15-9-7-5-6-8-14(15)16(21)23-4/h5-13H2,1-4H3. The molecule has 0 aromatic rings. The largest absolute Gasteiger partial charge is 0.466 e. The molecule has 0 aromatic heterocycles. The third kappa shape index (κ3) is 4.89. The molecule has 1 aliphatic heterocycles. The summed E-state index contributed by atoms with van der Waals surface area (Å²) in [6.45, 7) is 8.32. The molecule has 0 N–H and O–H groups in total. The predicted octanol–water partition coefficient (Wildman–Crippen LogP) is 2.93. The Hall–Kier alpha value is -1.72. The number of methoxy groups -OCH3 is 1. The van der Waals surface area contributed by atoms with Gasteiger partial charge in [-0.25, -0.2) is 9.59 Å². The minimum absolute atomic E-state index is 0.207. The minimum atomic E-state index is -0.476. The molecule has 1 heterocycles. The van der Waals surface area contributed by atoms with Gasteiger partial charge < -0.3 is 19.3 Å². The van der Waals surface area contributed by atoms with Crippen LogP contribution in [0.25, 0.3) is 0 Å². The van der Waals surface area contributed by atoms with Gasteiger partial charge in [-0.2, -0.15) is 0 Å². The Bertz CT molecular complexity index is 500. The van der Waals surface area contributed by atoms with E-state index in [1.807, 2.05) is 20.8 Å². The molecule has 1 amide bonds. The average Bonchev–Trinajstić information content (AvgIpc) is 2.78. The molecule has 0 spiro atoms. The molecule has 6 nitrogen and oxygen atoms in total. The number of hydrogen-bond acceptors (Lipinski definition) is 5. The van der Waals surface area contributed by atoms with Crippen LogP contribution in [0.2, 0.25) is 0 Å². The summed E-state index contributed by atoms with van der Waals surface area (Å²) in [6, 6.07) is 0. The van der Waals surface area contributed by atoms with Gasteiger partial charge >= 0.3 is 12.1 Å². The summed E-state index contributed by atoms with van der Waals surface area (Å²) in [5.41, 5.74) is 1.46. The lowest BCUT2D eigenvalue weighted by molar-refractivity contribution is -0.136.